The van der Waals surface area contributed by atoms with Crippen LogP contribution in [0.3, 0.4) is 0 Å². The maximum atomic E-state index is 14.9. The number of hydrogen-bond acceptors (Lipinski definition) is 4. The summed E-state index contributed by atoms with van der Waals surface area (Å²) in [5, 5.41) is 9.26. The summed E-state index contributed by atoms with van der Waals surface area (Å²) in [6.45, 7) is 0. The Kier molecular flexibility index (Phi) is 5.66. The van der Waals surface area contributed by atoms with Crippen molar-refractivity contribution in [1.29, 1.82) is 5.26 Å². The lowest BCUT2D eigenvalue weighted by atomic mass is 9.92. The second-order valence-corrected chi connectivity index (χ2v) is 5.72. The number of ether oxygens (including phenoxy) is 1. The molecular formula is C17H13Cl2FN2O2. The second-order valence-electron chi connectivity index (χ2n) is 4.94. The molecule has 2 aromatic carbocycles. The minimum Gasteiger partial charge on any atom is -0.465 e. The van der Waals surface area contributed by atoms with Crippen LogP contribution in [-0.4, -0.2) is 13.1 Å². The molecule has 0 amide bonds. The highest BCUT2D eigenvalue weighted by atomic mass is 35.5. The molecule has 0 aliphatic rings. The van der Waals surface area contributed by atoms with E-state index < -0.39 is 11.8 Å². The number of esters is 1. The van der Waals surface area contributed by atoms with Crippen molar-refractivity contribution >= 4 is 34.9 Å². The SMILES string of the molecule is COC(=O)c1cc(CCC#N)c(-c2cccc(Cl)c2Cl)c(F)c1N. The summed E-state index contributed by atoms with van der Waals surface area (Å²) in [5.74, 6) is -1.55. The Morgan fingerprint density at radius 3 is 2.75 bits per heavy atom. The molecule has 0 spiro atoms. The number of nitrogens with zero attached hydrogens (tertiary/aromatic N) is 1. The molecule has 0 aliphatic heterocycles. The van der Waals surface area contributed by atoms with Gasteiger partial charge in [0.05, 0.1) is 34.5 Å². The fourth-order valence-electron chi connectivity index (χ4n) is 2.37. The van der Waals surface area contributed by atoms with Crippen molar-refractivity contribution in [2.24, 2.45) is 0 Å². The molecule has 0 heterocycles. The summed E-state index contributed by atoms with van der Waals surface area (Å²) in [7, 11) is 1.18. The highest BCUT2D eigenvalue weighted by Crippen LogP contribution is 2.39. The number of nitrogens with two attached hydrogens (primary N) is 1. The van der Waals surface area contributed by atoms with E-state index in [-0.39, 0.29) is 39.7 Å². The van der Waals surface area contributed by atoms with Gasteiger partial charge in [0, 0.05) is 17.5 Å². The van der Waals surface area contributed by atoms with Gasteiger partial charge in [-0.2, -0.15) is 5.26 Å². The predicted octanol–water partition coefficient (Wildman–Crippen LogP) is 4.62. The number of aryl methyl sites for hydroxylation is 1. The Morgan fingerprint density at radius 2 is 2.12 bits per heavy atom. The molecule has 124 valence electrons. The fraction of sp³-hybridized carbons (Fsp3) is 0.176. The van der Waals surface area contributed by atoms with E-state index in [4.69, 9.17) is 34.2 Å². The number of benzene rings is 2. The molecule has 2 rings (SSSR count). The highest BCUT2D eigenvalue weighted by Gasteiger charge is 2.23. The number of halogens is 3. The number of carbonyl (C=O) groups is 1. The smallest absolute Gasteiger partial charge is 0.340 e. The summed E-state index contributed by atoms with van der Waals surface area (Å²) in [5.41, 5.74) is 6.23. The van der Waals surface area contributed by atoms with Crippen LogP contribution in [0.2, 0.25) is 10.0 Å². The van der Waals surface area contributed by atoms with E-state index in [1.165, 1.54) is 13.2 Å². The summed E-state index contributed by atoms with van der Waals surface area (Å²) >= 11 is 12.2. The van der Waals surface area contributed by atoms with Crippen LogP contribution in [0.4, 0.5) is 10.1 Å². The normalized spacial score (nSPS) is 10.3. The first-order chi connectivity index (χ1) is 11.4. The molecule has 4 nitrogen and oxygen atoms in total. The van der Waals surface area contributed by atoms with Crippen molar-refractivity contribution in [3.05, 3.63) is 51.3 Å². The van der Waals surface area contributed by atoms with Crippen LogP contribution in [0.1, 0.15) is 22.3 Å². The molecule has 2 N–H and O–H groups in total. The lowest BCUT2D eigenvalue weighted by molar-refractivity contribution is 0.0601. The van der Waals surface area contributed by atoms with Gasteiger partial charge in [0.25, 0.3) is 0 Å². The standard InChI is InChI=1S/C17H13Cl2FN2O2/c1-24-17(23)11-8-9(4-3-7-21)13(15(20)16(11)22)10-5-2-6-12(18)14(10)19/h2,5-6,8H,3-4,22H2,1H3. The van der Waals surface area contributed by atoms with Crippen molar-refractivity contribution in [1.82, 2.24) is 0 Å². The van der Waals surface area contributed by atoms with E-state index in [0.717, 1.165) is 0 Å². The average molecular weight is 367 g/mol. The molecule has 0 saturated carbocycles. The molecule has 7 heteroatoms. The van der Waals surface area contributed by atoms with Gasteiger partial charge in [-0.25, -0.2) is 9.18 Å². The molecule has 24 heavy (non-hydrogen) atoms. The molecule has 0 aromatic heterocycles. The van der Waals surface area contributed by atoms with Crippen LogP contribution < -0.4 is 5.73 Å². The van der Waals surface area contributed by atoms with Crippen LogP contribution in [0.25, 0.3) is 11.1 Å². The van der Waals surface area contributed by atoms with Gasteiger partial charge in [-0.1, -0.05) is 35.3 Å². The van der Waals surface area contributed by atoms with E-state index in [9.17, 15) is 9.18 Å². The van der Waals surface area contributed by atoms with Gasteiger partial charge in [-0.3, -0.25) is 0 Å². The van der Waals surface area contributed by atoms with E-state index in [0.29, 0.717) is 11.1 Å². The van der Waals surface area contributed by atoms with Crippen molar-refractivity contribution in [3.8, 4) is 17.2 Å². The van der Waals surface area contributed by atoms with E-state index >= 15 is 0 Å². The Balaban J connectivity index is 2.78. The zero-order chi connectivity index (χ0) is 17.9. The van der Waals surface area contributed by atoms with Crippen LogP contribution in [-0.2, 0) is 11.2 Å². The zero-order valence-electron chi connectivity index (χ0n) is 12.7. The predicted molar refractivity (Wildman–Crippen MR) is 91.5 cm³/mol. The first-order valence-electron chi connectivity index (χ1n) is 6.92. The van der Waals surface area contributed by atoms with Crippen molar-refractivity contribution < 1.29 is 13.9 Å². The first-order valence-corrected chi connectivity index (χ1v) is 7.68. The summed E-state index contributed by atoms with van der Waals surface area (Å²) < 4.78 is 19.5. The van der Waals surface area contributed by atoms with Crippen molar-refractivity contribution in [2.45, 2.75) is 12.8 Å². The van der Waals surface area contributed by atoms with Gasteiger partial charge in [-0.05, 0) is 24.1 Å². The number of carbonyl (C=O) groups excluding carboxylic acids is 1. The maximum absolute atomic E-state index is 14.9. The summed E-state index contributed by atoms with van der Waals surface area (Å²) in [6, 6.07) is 8.21. The van der Waals surface area contributed by atoms with Gasteiger partial charge < -0.3 is 10.5 Å². The molecule has 0 fully saturated rings. The highest BCUT2D eigenvalue weighted by molar-refractivity contribution is 6.43. The maximum Gasteiger partial charge on any atom is 0.340 e. The number of nitriles is 1. The van der Waals surface area contributed by atoms with Gasteiger partial charge >= 0.3 is 5.97 Å². The number of rotatable bonds is 4. The number of nitrogen functional groups attached to an aromatic ring is 1. The largest absolute Gasteiger partial charge is 0.465 e. The first kappa shape index (κ1) is 18.1. The third kappa shape index (κ3) is 3.30. The van der Waals surface area contributed by atoms with Crippen LogP contribution in [0.5, 0.6) is 0 Å². The molecule has 0 saturated heterocycles. The number of methoxy groups -OCH3 is 1. The minimum atomic E-state index is -0.796. The molecule has 0 atom stereocenters. The number of anilines is 1. The number of hydrogen-bond donors (Lipinski definition) is 1. The average Bonchev–Trinajstić information content (AvgIpc) is 2.58. The van der Waals surface area contributed by atoms with Gasteiger partial charge in [-0.15, -0.1) is 0 Å². The topological polar surface area (TPSA) is 76.1 Å². The van der Waals surface area contributed by atoms with Gasteiger partial charge in [0.15, 0.2) is 5.82 Å². The lowest BCUT2D eigenvalue weighted by Crippen LogP contribution is -2.10. The molecule has 2 aromatic rings. The Morgan fingerprint density at radius 1 is 1.42 bits per heavy atom. The van der Waals surface area contributed by atoms with E-state index in [2.05, 4.69) is 4.74 Å². The summed E-state index contributed by atoms with van der Waals surface area (Å²) in [4.78, 5) is 11.8. The van der Waals surface area contributed by atoms with Gasteiger partial charge in [0.2, 0.25) is 0 Å². The van der Waals surface area contributed by atoms with Gasteiger partial charge in [0.1, 0.15) is 0 Å². The van der Waals surface area contributed by atoms with E-state index in [1.807, 2.05) is 6.07 Å². The molecule has 0 radical (unpaired) electrons. The molecule has 0 aliphatic carbocycles. The van der Waals surface area contributed by atoms with Crippen molar-refractivity contribution in [2.75, 3.05) is 12.8 Å². The van der Waals surface area contributed by atoms with E-state index in [1.54, 1.807) is 18.2 Å². The lowest BCUT2D eigenvalue weighted by Gasteiger charge is -2.16. The minimum absolute atomic E-state index is 0.0927. The second kappa shape index (κ2) is 7.52. The fourth-order valence-corrected chi connectivity index (χ4v) is 2.77. The molecule has 0 bridgehead atoms. The summed E-state index contributed by atoms with van der Waals surface area (Å²) in [6.07, 6.45) is 0.352. The molecule has 0 unspecified atom stereocenters. The Hall–Kier alpha value is -2.29. The molecular weight excluding hydrogens is 354 g/mol. The van der Waals surface area contributed by atoms with Crippen LogP contribution in [0.15, 0.2) is 24.3 Å². The van der Waals surface area contributed by atoms with Crippen LogP contribution in [0, 0.1) is 17.1 Å². The third-order valence-corrected chi connectivity index (χ3v) is 4.34. The Labute approximate surface area is 148 Å². The quantitative estimate of drug-likeness (QED) is 0.632. The monoisotopic (exact) mass is 366 g/mol. The van der Waals surface area contributed by atoms with Crippen LogP contribution >= 0.6 is 23.2 Å². The third-order valence-electron chi connectivity index (χ3n) is 3.52. The zero-order valence-corrected chi connectivity index (χ0v) is 14.2. The van der Waals surface area contributed by atoms with Crippen molar-refractivity contribution in [3.63, 3.8) is 0 Å². The Bertz CT molecular complexity index is 847.